The molecular formula is C6H10N2. The van der Waals surface area contributed by atoms with Gasteiger partial charge in [0.25, 0.3) is 0 Å². The molecule has 0 N–H and O–H groups in total. The Morgan fingerprint density at radius 3 is 2.00 bits per heavy atom. The van der Waals surface area contributed by atoms with Crippen molar-refractivity contribution in [2.45, 2.75) is 13.8 Å². The van der Waals surface area contributed by atoms with Gasteiger partial charge in [-0.05, 0) is 20.6 Å². The fourth-order valence-corrected chi connectivity index (χ4v) is 0.312. The van der Waals surface area contributed by atoms with E-state index in [9.17, 15) is 0 Å². The van der Waals surface area contributed by atoms with Gasteiger partial charge in [0.05, 0.1) is 0 Å². The number of aliphatic imine (C=N–C) groups is 2. The minimum absolute atomic E-state index is 0.664. The van der Waals surface area contributed by atoms with Crippen molar-refractivity contribution in [2.24, 2.45) is 9.98 Å². The van der Waals surface area contributed by atoms with E-state index < -0.39 is 0 Å². The van der Waals surface area contributed by atoms with Crippen LogP contribution in [0.3, 0.4) is 0 Å². The Labute approximate surface area is 49.7 Å². The quantitative estimate of drug-likeness (QED) is 0.362. The zero-order chi connectivity index (χ0) is 6.57. The zero-order valence-electron chi connectivity index (χ0n) is 5.31. The summed E-state index contributed by atoms with van der Waals surface area (Å²) in [7, 11) is 0. The minimum atomic E-state index is 0.664. The van der Waals surface area contributed by atoms with E-state index in [0.29, 0.717) is 5.84 Å². The first kappa shape index (κ1) is 7.08. The van der Waals surface area contributed by atoms with Gasteiger partial charge in [-0.1, -0.05) is 6.58 Å². The molecule has 0 aromatic carbocycles. The Bertz CT molecular complexity index is 133. The van der Waals surface area contributed by atoms with Gasteiger partial charge in [-0.3, -0.25) is 0 Å². The fraction of sp³-hybridized carbons (Fsp3) is 0.333. The molecule has 8 heavy (non-hydrogen) atoms. The molecule has 0 amide bonds. The maximum Gasteiger partial charge on any atom is 0.124 e. The molecule has 0 saturated heterocycles. The van der Waals surface area contributed by atoms with Gasteiger partial charge in [-0.25, -0.2) is 9.98 Å². The molecule has 0 unspecified atom stereocenters. The van der Waals surface area contributed by atoms with E-state index in [0.717, 1.165) is 5.70 Å². The van der Waals surface area contributed by atoms with Gasteiger partial charge in [-0.15, -0.1) is 0 Å². The third-order valence-electron chi connectivity index (χ3n) is 0.581. The normalized spacial score (nSPS) is 11.0. The standard InChI is InChI=1S/C6H10N2/c1-5(2)8-6(3)7-4/h1,4H2,2-3H3. The van der Waals surface area contributed by atoms with E-state index in [1.807, 2.05) is 6.92 Å². The maximum atomic E-state index is 3.89. The number of amidine groups is 1. The third-order valence-corrected chi connectivity index (χ3v) is 0.581. The molecule has 0 rings (SSSR count). The van der Waals surface area contributed by atoms with Crippen molar-refractivity contribution in [3.05, 3.63) is 12.3 Å². The molecule has 0 aromatic rings. The highest BCUT2D eigenvalue weighted by Gasteiger charge is 1.79. The lowest BCUT2D eigenvalue weighted by Crippen LogP contribution is -1.81. The van der Waals surface area contributed by atoms with Crippen LogP contribution in [0.1, 0.15) is 13.8 Å². The first-order chi connectivity index (χ1) is 3.66. The second kappa shape index (κ2) is 3.13. The Balaban J connectivity index is 3.94. The van der Waals surface area contributed by atoms with Crippen LogP contribution in [0.15, 0.2) is 22.3 Å². The lowest BCUT2D eigenvalue weighted by Gasteiger charge is -1.87. The van der Waals surface area contributed by atoms with Gasteiger partial charge < -0.3 is 0 Å². The van der Waals surface area contributed by atoms with Gasteiger partial charge >= 0.3 is 0 Å². The molecule has 2 heteroatoms. The van der Waals surface area contributed by atoms with E-state index in [-0.39, 0.29) is 0 Å². The first-order valence-electron chi connectivity index (χ1n) is 2.34. The predicted molar refractivity (Wildman–Crippen MR) is 37.5 cm³/mol. The summed E-state index contributed by atoms with van der Waals surface area (Å²) in [6.07, 6.45) is 0. The highest BCUT2D eigenvalue weighted by atomic mass is 14.9. The van der Waals surface area contributed by atoms with Crippen molar-refractivity contribution < 1.29 is 0 Å². The molecule has 0 saturated carbocycles. The van der Waals surface area contributed by atoms with Crippen LogP contribution in [0, 0.1) is 0 Å². The summed E-state index contributed by atoms with van der Waals surface area (Å²) in [4.78, 5) is 7.46. The fourth-order valence-electron chi connectivity index (χ4n) is 0.312. The van der Waals surface area contributed by atoms with Crippen LogP contribution >= 0.6 is 0 Å². The van der Waals surface area contributed by atoms with Crippen LogP contribution in [0.25, 0.3) is 0 Å². The number of hydrogen-bond acceptors (Lipinski definition) is 1. The summed E-state index contributed by atoms with van der Waals surface area (Å²) in [5.74, 6) is 0.664. The van der Waals surface area contributed by atoms with E-state index in [1.54, 1.807) is 6.92 Å². The summed E-state index contributed by atoms with van der Waals surface area (Å²) in [6.45, 7) is 10.5. The van der Waals surface area contributed by atoms with Gasteiger partial charge in [0, 0.05) is 5.70 Å². The molecule has 0 radical (unpaired) electrons. The van der Waals surface area contributed by atoms with E-state index in [2.05, 4.69) is 23.3 Å². The second-order valence-corrected chi connectivity index (χ2v) is 1.55. The molecule has 0 spiro atoms. The second-order valence-electron chi connectivity index (χ2n) is 1.55. The van der Waals surface area contributed by atoms with Crippen LogP contribution in [-0.4, -0.2) is 12.6 Å². The lowest BCUT2D eigenvalue weighted by atomic mass is 10.6. The Hall–Kier alpha value is -0.920. The average Bonchev–Trinajstić information content (AvgIpc) is 1.65. The highest BCUT2D eigenvalue weighted by molar-refractivity contribution is 5.84. The number of rotatable bonds is 1. The maximum absolute atomic E-state index is 3.89. The van der Waals surface area contributed by atoms with Crippen LogP contribution in [0.2, 0.25) is 0 Å². The third kappa shape index (κ3) is 3.28. The predicted octanol–water partition coefficient (Wildman–Crippen LogP) is 1.64. The molecule has 0 atom stereocenters. The van der Waals surface area contributed by atoms with E-state index in [4.69, 9.17) is 0 Å². The van der Waals surface area contributed by atoms with Crippen LogP contribution in [0.5, 0.6) is 0 Å². The summed E-state index contributed by atoms with van der Waals surface area (Å²) in [6, 6.07) is 0. The molecule has 0 heterocycles. The van der Waals surface area contributed by atoms with Crippen LogP contribution < -0.4 is 0 Å². The monoisotopic (exact) mass is 110 g/mol. The number of allylic oxidation sites excluding steroid dienone is 1. The van der Waals surface area contributed by atoms with Crippen LogP contribution in [0.4, 0.5) is 0 Å². The molecule has 0 bridgehead atoms. The molecular weight excluding hydrogens is 100 g/mol. The smallest absolute Gasteiger partial charge is 0.124 e. The molecule has 0 aromatic heterocycles. The molecule has 0 aliphatic rings. The summed E-state index contributed by atoms with van der Waals surface area (Å²) >= 11 is 0. The molecule has 2 nitrogen and oxygen atoms in total. The van der Waals surface area contributed by atoms with Crippen molar-refractivity contribution >= 4 is 12.6 Å². The Kier molecular flexibility index (Phi) is 2.77. The Morgan fingerprint density at radius 1 is 1.38 bits per heavy atom. The highest BCUT2D eigenvalue weighted by Crippen LogP contribution is 1.89. The average molecular weight is 110 g/mol. The van der Waals surface area contributed by atoms with Crippen molar-refractivity contribution in [2.75, 3.05) is 0 Å². The van der Waals surface area contributed by atoms with Crippen molar-refractivity contribution in [3.63, 3.8) is 0 Å². The van der Waals surface area contributed by atoms with Crippen molar-refractivity contribution in [1.29, 1.82) is 0 Å². The SMILES string of the molecule is C=NC(C)=NC(=C)C. The lowest BCUT2D eigenvalue weighted by molar-refractivity contribution is 1.30. The minimum Gasteiger partial charge on any atom is -0.250 e. The van der Waals surface area contributed by atoms with E-state index in [1.165, 1.54) is 0 Å². The molecule has 0 aliphatic heterocycles. The largest absolute Gasteiger partial charge is 0.250 e. The van der Waals surface area contributed by atoms with Gasteiger partial charge in [0.15, 0.2) is 0 Å². The molecule has 44 valence electrons. The van der Waals surface area contributed by atoms with Crippen molar-refractivity contribution in [3.8, 4) is 0 Å². The Morgan fingerprint density at radius 2 is 1.88 bits per heavy atom. The van der Waals surface area contributed by atoms with Gasteiger partial charge in [-0.2, -0.15) is 0 Å². The van der Waals surface area contributed by atoms with E-state index >= 15 is 0 Å². The number of hydrogen-bond donors (Lipinski definition) is 0. The van der Waals surface area contributed by atoms with Crippen molar-refractivity contribution in [1.82, 2.24) is 0 Å². The first-order valence-corrected chi connectivity index (χ1v) is 2.34. The number of nitrogens with zero attached hydrogens (tertiary/aromatic N) is 2. The van der Waals surface area contributed by atoms with Crippen LogP contribution in [-0.2, 0) is 0 Å². The summed E-state index contributed by atoms with van der Waals surface area (Å²) < 4.78 is 0. The summed E-state index contributed by atoms with van der Waals surface area (Å²) in [5.41, 5.74) is 0.759. The summed E-state index contributed by atoms with van der Waals surface area (Å²) in [5, 5.41) is 0. The van der Waals surface area contributed by atoms with Gasteiger partial charge in [0.2, 0.25) is 0 Å². The van der Waals surface area contributed by atoms with Gasteiger partial charge in [0.1, 0.15) is 5.84 Å². The topological polar surface area (TPSA) is 24.7 Å². The molecule has 0 aliphatic carbocycles. The molecule has 0 fully saturated rings. The zero-order valence-corrected chi connectivity index (χ0v) is 5.31.